The van der Waals surface area contributed by atoms with Crippen molar-refractivity contribution >= 4 is 0 Å². The Labute approximate surface area is 93.9 Å². The third kappa shape index (κ3) is 4.49. The van der Waals surface area contributed by atoms with Gasteiger partial charge in [0.15, 0.2) is 0 Å². The van der Waals surface area contributed by atoms with Crippen molar-refractivity contribution in [3.8, 4) is 0 Å². The van der Waals surface area contributed by atoms with E-state index in [1.165, 1.54) is 19.4 Å². The smallest absolute Gasteiger partial charge is 0.0456 e. The fourth-order valence-corrected chi connectivity index (χ4v) is 2.19. The molecule has 1 rings (SSSR count). The lowest BCUT2D eigenvalue weighted by atomic mass is 10.1. The van der Waals surface area contributed by atoms with E-state index in [1.54, 1.807) is 0 Å². The number of nitrogens with zero attached hydrogens (tertiary/aromatic N) is 1. The molecule has 3 nitrogen and oxygen atoms in total. The molecule has 0 aromatic heterocycles. The maximum atomic E-state index is 8.89. The van der Waals surface area contributed by atoms with Gasteiger partial charge in [-0.3, -0.25) is 0 Å². The lowest BCUT2D eigenvalue weighted by molar-refractivity contribution is 0.227. The molecule has 3 heteroatoms. The van der Waals surface area contributed by atoms with E-state index in [9.17, 15) is 0 Å². The molecule has 0 bridgehead atoms. The monoisotopic (exact) mass is 214 g/mol. The van der Waals surface area contributed by atoms with Crippen LogP contribution >= 0.6 is 0 Å². The SMILES string of the molecule is CC(CO)CCCNC1CC(C)N(C)C1. The molecule has 2 N–H and O–H groups in total. The molecule has 0 radical (unpaired) electrons. The van der Waals surface area contributed by atoms with Gasteiger partial charge in [0.1, 0.15) is 0 Å². The van der Waals surface area contributed by atoms with E-state index in [4.69, 9.17) is 5.11 Å². The number of rotatable bonds is 6. The summed E-state index contributed by atoms with van der Waals surface area (Å²) in [6, 6.07) is 1.40. The van der Waals surface area contributed by atoms with Gasteiger partial charge in [0, 0.05) is 25.2 Å². The standard InChI is InChI=1S/C12H26N2O/c1-10(9-15)5-4-6-13-12-7-11(2)14(3)8-12/h10-13,15H,4-9H2,1-3H3. The highest BCUT2D eigenvalue weighted by atomic mass is 16.3. The minimum atomic E-state index is 0.323. The lowest BCUT2D eigenvalue weighted by Crippen LogP contribution is -2.32. The number of aliphatic hydroxyl groups is 1. The maximum Gasteiger partial charge on any atom is 0.0456 e. The van der Waals surface area contributed by atoms with Crippen molar-refractivity contribution in [2.24, 2.45) is 5.92 Å². The molecule has 0 aromatic rings. The molecule has 0 amide bonds. The van der Waals surface area contributed by atoms with Crippen LogP contribution in [0, 0.1) is 5.92 Å². The highest BCUT2D eigenvalue weighted by molar-refractivity contribution is 4.84. The fraction of sp³-hybridized carbons (Fsp3) is 1.00. The van der Waals surface area contributed by atoms with Crippen molar-refractivity contribution in [2.75, 3.05) is 26.7 Å². The first kappa shape index (κ1) is 12.9. The van der Waals surface area contributed by atoms with Crippen molar-refractivity contribution in [1.29, 1.82) is 0 Å². The fourth-order valence-electron chi connectivity index (χ4n) is 2.19. The number of aliphatic hydroxyl groups excluding tert-OH is 1. The molecule has 0 aromatic carbocycles. The van der Waals surface area contributed by atoms with Gasteiger partial charge in [0.05, 0.1) is 0 Å². The summed E-state index contributed by atoms with van der Waals surface area (Å²) in [5.41, 5.74) is 0. The van der Waals surface area contributed by atoms with Gasteiger partial charge in [0.25, 0.3) is 0 Å². The van der Waals surface area contributed by atoms with Gasteiger partial charge in [-0.15, -0.1) is 0 Å². The van der Waals surface area contributed by atoms with Crippen molar-refractivity contribution in [1.82, 2.24) is 10.2 Å². The summed E-state index contributed by atoms with van der Waals surface area (Å²) < 4.78 is 0. The Hall–Kier alpha value is -0.120. The number of hydrogen-bond acceptors (Lipinski definition) is 3. The first-order valence-corrected chi connectivity index (χ1v) is 6.18. The van der Waals surface area contributed by atoms with Crippen molar-refractivity contribution < 1.29 is 5.11 Å². The van der Waals surface area contributed by atoms with Crippen LogP contribution in [-0.4, -0.2) is 48.8 Å². The zero-order valence-electron chi connectivity index (χ0n) is 10.4. The molecular formula is C12H26N2O. The molecule has 1 heterocycles. The molecule has 3 atom stereocenters. The highest BCUT2D eigenvalue weighted by Crippen LogP contribution is 2.14. The van der Waals surface area contributed by atoms with Gasteiger partial charge < -0.3 is 15.3 Å². The van der Waals surface area contributed by atoms with E-state index < -0.39 is 0 Å². The molecule has 0 saturated carbocycles. The first-order chi connectivity index (χ1) is 7.13. The summed E-state index contributed by atoms with van der Waals surface area (Å²) in [5, 5.41) is 12.5. The molecule has 15 heavy (non-hydrogen) atoms. The van der Waals surface area contributed by atoms with Crippen LogP contribution in [0.2, 0.25) is 0 Å². The van der Waals surface area contributed by atoms with Crippen molar-refractivity contribution in [2.45, 2.75) is 45.2 Å². The first-order valence-electron chi connectivity index (χ1n) is 6.18. The summed E-state index contributed by atoms with van der Waals surface area (Å²) in [7, 11) is 2.19. The van der Waals surface area contributed by atoms with Gasteiger partial charge in [0.2, 0.25) is 0 Å². The largest absolute Gasteiger partial charge is 0.396 e. The summed E-state index contributed by atoms with van der Waals surface area (Å²) in [4.78, 5) is 2.41. The minimum Gasteiger partial charge on any atom is -0.396 e. The maximum absolute atomic E-state index is 8.89. The Balaban J connectivity index is 2.01. The average molecular weight is 214 g/mol. The molecule has 90 valence electrons. The van der Waals surface area contributed by atoms with Gasteiger partial charge in [-0.1, -0.05) is 6.92 Å². The van der Waals surface area contributed by atoms with E-state index in [-0.39, 0.29) is 0 Å². The second-order valence-corrected chi connectivity index (χ2v) is 5.11. The van der Waals surface area contributed by atoms with Crippen LogP contribution in [0.5, 0.6) is 0 Å². The molecular weight excluding hydrogens is 188 g/mol. The molecule has 1 aliphatic heterocycles. The molecule has 0 spiro atoms. The van der Waals surface area contributed by atoms with Crippen LogP contribution in [0.1, 0.15) is 33.1 Å². The quantitative estimate of drug-likeness (QED) is 0.649. The zero-order chi connectivity index (χ0) is 11.3. The Morgan fingerprint density at radius 1 is 1.53 bits per heavy atom. The van der Waals surface area contributed by atoms with Gasteiger partial charge in [-0.2, -0.15) is 0 Å². The number of nitrogens with one attached hydrogen (secondary N) is 1. The van der Waals surface area contributed by atoms with Crippen LogP contribution in [0.25, 0.3) is 0 Å². The third-order valence-electron chi connectivity index (χ3n) is 3.50. The van der Waals surface area contributed by atoms with Gasteiger partial charge >= 0.3 is 0 Å². The minimum absolute atomic E-state index is 0.323. The second-order valence-electron chi connectivity index (χ2n) is 5.11. The Morgan fingerprint density at radius 2 is 2.27 bits per heavy atom. The van der Waals surface area contributed by atoms with E-state index >= 15 is 0 Å². The van der Waals surface area contributed by atoms with E-state index in [2.05, 4.69) is 31.1 Å². The summed E-state index contributed by atoms with van der Waals surface area (Å²) >= 11 is 0. The summed E-state index contributed by atoms with van der Waals surface area (Å²) in [5.74, 6) is 0.456. The Morgan fingerprint density at radius 3 is 2.80 bits per heavy atom. The molecule has 1 aliphatic rings. The normalized spacial score (nSPS) is 29.6. The predicted molar refractivity (Wildman–Crippen MR) is 64.0 cm³/mol. The van der Waals surface area contributed by atoms with Crippen LogP contribution in [0.15, 0.2) is 0 Å². The van der Waals surface area contributed by atoms with Crippen LogP contribution in [0.3, 0.4) is 0 Å². The van der Waals surface area contributed by atoms with Gasteiger partial charge in [-0.05, 0) is 45.7 Å². The van der Waals surface area contributed by atoms with E-state index in [0.717, 1.165) is 19.0 Å². The van der Waals surface area contributed by atoms with Crippen molar-refractivity contribution in [3.05, 3.63) is 0 Å². The second kappa shape index (κ2) is 6.46. The van der Waals surface area contributed by atoms with Crippen molar-refractivity contribution in [3.63, 3.8) is 0 Å². The summed E-state index contributed by atoms with van der Waals surface area (Å²) in [6.07, 6.45) is 3.57. The Bertz CT molecular complexity index is 165. The van der Waals surface area contributed by atoms with Gasteiger partial charge in [-0.25, -0.2) is 0 Å². The average Bonchev–Trinajstić information content (AvgIpc) is 2.53. The topological polar surface area (TPSA) is 35.5 Å². The molecule has 3 unspecified atom stereocenters. The zero-order valence-corrected chi connectivity index (χ0v) is 10.4. The lowest BCUT2D eigenvalue weighted by Gasteiger charge is -2.14. The summed E-state index contributed by atoms with van der Waals surface area (Å²) in [6.45, 7) is 6.98. The molecule has 1 saturated heterocycles. The van der Waals surface area contributed by atoms with Crippen LogP contribution < -0.4 is 5.32 Å². The third-order valence-corrected chi connectivity index (χ3v) is 3.50. The van der Waals surface area contributed by atoms with E-state index in [1.807, 2.05) is 0 Å². The highest BCUT2D eigenvalue weighted by Gasteiger charge is 2.25. The molecule has 0 aliphatic carbocycles. The molecule has 1 fully saturated rings. The van der Waals surface area contributed by atoms with Crippen LogP contribution in [0.4, 0.5) is 0 Å². The number of likely N-dealkylation sites (N-methyl/N-ethyl adjacent to an activating group) is 1. The van der Waals surface area contributed by atoms with Crippen LogP contribution in [-0.2, 0) is 0 Å². The Kier molecular flexibility index (Phi) is 5.58. The number of likely N-dealkylation sites (tertiary alicyclic amines) is 1. The van der Waals surface area contributed by atoms with E-state index in [0.29, 0.717) is 18.6 Å². The number of hydrogen-bond donors (Lipinski definition) is 2. The predicted octanol–water partition coefficient (Wildman–Crippen LogP) is 1.08.